The SMILES string of the molecule is Clc1ccnc(-c2ccc3c(c2)CCO3)c1. The van der Waals surface area contributed by atoms with Crippen LogP contribution in [0.3, 0.4) is 0 Å². The van der Waals surface area contributed by atoms with Crippen LogP contribution in [-0.4, -0.2) is 11.6 Å². The summed E-state index contributed by atoms with van der Waals surface area (Å²) in [5.41, 5.74) is 3.24. The predicted molar refractivity (Wildman–Crippen MR) is 63.9 cm³/mol. The summed E-state index contributed by atoms with van der Waals surface area (Å²) < 4.78 is 5.47. The quantitative estimate of drug-likeness (QED) is 0.751. The number of halogens is 1. The molecule has 0 saturated carbocycles. The fraction of sp³-hybridized carbons (Fsp3) is 0.154. The van der Waals surface area contributed by atoms with E-state index in [1.807, 2.05) is 18.2 Å². The van der Waals surface area contributed by atoms with E-state index in [4.69, 9.17) is 16.3 Å². The van der Waals surface area contributed by atoms with E-state index in [0.717, 1.165) is 30.0 Å². The second-order valence-corrected chi connectivity index (χ2v) is 4.22. The third-order valence-corrected chi connectivity index (χ3v) is 2.94. The van der Waals surface area contributed by atoms with Crippen molar-refractivity contribution in [1.29, 1.82) is 0 Å². The van der Waals surface area contributed by atoms with Crippen molar-refractivity contribution in [3.05, 3.63) is 47.1 Å². The Morgan fingerprint density at radius 3 is 3.00 bits per heavy atom. The number of hydrogen-bond donors (Lipinski definition) is 0. The van der Waals surface area contributed by atoms with E-state index in [1.54, 1.807) is 12.3 Å². The van der Waals surface area contributed by atoms with Crippen LogP contribution in [0.4, 0.5) is 0 Å². The molecule has 0 amide bonds. The van der Waals surface area contributed by atoms with E-state index in [1.165, 1.54) is 5.56 Å². The maximum Gasteiger partial charge on any atom is 0.122 e. The van der Waals surface area contributed by atoms with Crippen LogP contribution in [0, 0.1) is 0 Å². The average Bonchev–Trinajstić information content (AvgIpc) is 2.75. The second kappa shape index (κ2) is 3.80. The first-order valence-electron chi connectivity index (χ1n) is 5.20. The molecule has 1 aliphatic rings. The summed E-state index contributed by atoms with van der Waals surface area (Å²) in [5.74, 6) is 0.991. The lowest BCUT2D eigenvalue weighted by atomic mass is 10.1. The molecule has 2 aromatic rings. The number of nitrogens with zero attached hydrogens (tertiary/aromatic N) is 1. The van der Waals surface area contributed by atoms with E-state index < -0.39 is 0 Å². The van der Waals surface area contributed by atoms with Crippen molar-refractivity contribution in [2.24, 2.45) is 0 Å². The van der Waals surface area contributed by atoms with Gasteiger partial charge in [-0.15, -0.1) is 0 Å². The normalized spacial score (nSPS) is 13.3. The highest BCUT2D eigenvalue weighted by atomic mass is 35.5. The Morgan fingerprint density at radius 2 is 2.12 bits per heavy atom. The fourth-order valence-electron chi connectivity index (χ4n) is 1.91. The minimum atomic E-state index is 0.710. The zero-order valence-corrected chi connectivity index (χ0v) is 9.37. The van der Waals surface area contributed by atoms with Crippen LogP contribution in [0.1, 0.15) is 5.56 Å². The number of hydrogen-bond acceptors (Lipinski definition) is 2. The van der Waals surface area contributed by atoms with Gasteiger partial charge in [0.15, 0.2) is 0 Å². The molecule has 2 nitrogen and oxygen atoms in total. The molecule has 0 radical (unpaired) electrons. The minimum absolute atomic E-state index is 0.710. The molecule has 0 saturated heterocycles. The molecule has 0 bridgehead atoms. The van der Waals surface area contributed by atoms with Crippen molar-refractivity contribution in [3.63, 3.8) is 0 Å². The molecule has 0 aliphatic carbocycles. The monoisotopic (exact) mass is 231 g/mol. The number of aromatic nitrogens is 1. The van der Waals surface area contributed by atoms with Crippen molar-refractivity contribution >= 4 is 11.6 Å². The molecule has 1 aromatic heterocycles. The van der Waals surface area contributed by atoms with Crippen molar-refractivity contribution in [2.75, 3.05) is 6.61 Å². The average molecular weight is 232 g/mol. The van der Waals surface area contributed by atoms with Crippen LogP contribution in [0.25, 0.3) is 11.3 Å². The van der Waals surface area contributed by atoms with Crippen molar-refractivity contribution in [1.82, 2.24) is 4.98 Å². The Bertz CT molecular complexity index is 539. The van der Waals surface area contributed by atoms with Crippen LogP contribution >= 0.6 is 11.6 Å². The van der Waals surface area contributed by atoms with Gasteiger partial charge in [-0.3, -0.25) is 4.98 Å². The summed E-state index contributed by atoms with van der Waals surface area (Å²) in [6.07, 6.45) is 2.70. The number of pyridine rings is 1. The summed E-state index contributed by atoms with van der Waals surface area (Å²) >= 11 is 5.95. The van der Waals surface area contributed by atoms with Gasteiger partial charge in [0.25, 0.3) is 0 Å². The van der Waals surface area contributed by atoms with Crippen molar-refractivity contribution in [2.45, 2.75) is 6.42 Å². The molecule has 3 heteroatoms. The second-order valence-electron chi connectivity index (χ2n) is 3.78. The largest absolute Gasteiger partial charge is 0.493 e. The first-order valence-corrected chi connectivity index (χ1v) is 5.58. The summed E-state index contributed by atoms with van der Waals surface area (Å²) in [7, 11) is 0. The highest BCUT2D eigenvalue weighted by Gasteiger charge is 2.12. The van der Waals surface area contributed by atoms with E-state index in [0.29, 0.717) is 5.02 Å². The van der Waals surface area contributed by atoms with Gasteiger partial charge in [0.1, 0.15) is 5.75 Å². The van der Waals surface area contributed by atoms with Crippen LogP contribution in [0.5, 0.6) is 5.75 Å². The molecule has 0 atom stereocenters. The molecular weight excluding hydrogens is 222 g/mol. The molecule has 2 heterocycles. The molecule has 1 aromatic carbocycles. The van der Waals surface area contributed by atoms with Gasteiger partial charge >= 0.3 is 0 Å². The maximum atomic E-state index is 5.95. The Morgan fingerprint density at radius 1 is 1.19 bits per heavy atom. The molecule has 0 fully saturated rings. The van der Waals surface area contributed by atoms with E-state index in [9.17, 15) is 0 Å². The highest BCUT2D eigenvalue weighted by molar-refractivity contribution is 6.30. The Kier molecular flexibility index (Phi) is 2.29. The van der Waals surface area contributed by atoms with Crippen molar-refractivity contribution in [3.8, 4) is 17.0 Å². The third-order valence-electron chi connectivity index (χ3n) is 2.71. The van der Waals surface area contributed by atoms with Crippen LogP contribution in [-0.2, 0) is 6.42 Å². The fourth-order valence-corrected chi connectivity index (χ4v) is 2.07. The topological polar surface area (TPSA) is 22.1 Å². The molecule has 0 unspecified atom stereocenters. The van der Waals surface area contributed by atoms with E-state index in [-0.39, 0.29) is 0 Å². The number of rotatable bonds is 1. The number of ether oxygens (including phenoxy) is 1. The van der Waals surface area contributed by atoms with E-state index in [2.05, 4.69) is 11.1 Å². The van der Waals surface area contributed by atoms with Gasteiger partial charge in [0, 0.05) is 23.2 Å². The van der Waals surface area contributed by atoms with Crippen LogP contribution in [0.2, 0.25) is 5.02 Å². The summed E-state index contributed by atoms with van der Waals surface area (Å²) in [6, 6.07) is 9.80. The smallest absolute Gasteiger partial charge is 0.122 e. The summed E-state index contributed by atoms with van der Waals surface area (Å²) in [6.45, 7) is 0.780. The van der Waals surface area contributed by atoms with Crippen LogP contribution in [0.15, 0.2) is 36.5 Å². The van der Waals surface area contributed by atoms with Gasteiger partial charge in [-0.05, 0) is 35.9 Å². The van der Waals surface area contributed by atoms with Gasteiger partial charge in [-0.1, -0.05) is 11.6 Å². The van der Waals surface area contributed by atoms with Gasteiger partial charge in [0.05, 0.1) is 12.3 Å². The number of benzene rings is 1. The summed E-state index contributed by atoms with van der Waals surface area (Å²) in [4.78, 5) is 4.31. The molecular formula is C13H10ClNO. The minimum Gasteiger partial charge on any atom is -0.493 e. The zero-order chi connectivity index (χ0) is 11.0. The molecule has 3 rings (SSSR count). The Balaban J connectivity index is 2.07. The molecule has 80 valence electrons. The highest BCUT2D eigenvalue weighted by Crippen LogP contribution is 2.30. The van der Waals surface area contributed by atoms with Gasteiger partial charge in [-0.25, -0.2) is 0 Å². The lowest BCUT2D eigenvalue weighted by molar-refractivity contribution is 0.357. The Labute approximate surface area is 98.8 Å². The first-order chi connectivity index (χ1) is 7.83. The van der Waals surface area contributed by atoms with Crippen LogP contribution < -0.4 is 4.74 Å². The van der Waals surface area contributed by atoms with Gasteiger partial charge in [0.2, 0.25) is 0 Å². The molecule has 1 aliphatic heterocycles. The lowest BCUT2D eigenvalue weighted by Gasteiger charge is -2.03. The summed E-state index contributed by atoms with van der Waals surface area (Å²) in [5, 5.41) is 0.710. The molecule has 0 N–H and O–H groups in total. The Hall–Kier alpha value is -1.54. The van der Waals surface area contributed by atoms with Gasteiger partial charge in [-0.2, -0.15) is 0 Å². The molecule has 0 spiro atoms. The standard InChI is InChI=1S/C13H10ClNO/c14-11-3-5-15-12(8-11)9-1-2-13-10(7-9)4-6-16-13/h1-3,5,7-8H,4,6H2. The number of fused-ring (bicyclic) bond motifs is 1. The first kappa shape index (κ1) is 9.67. The maximum absolute atomic E-state index is 5.95. The van der Waals surface area contributed by atoms with E-state index >= 15 is 0 Å². The van der Waals surface area contributed by atoms with Crippen molar-refractivity contribution < 1.29 is 4.74 Å². The van der Waals surface area contributed by atoms with Gasteiger partial charge < -0.3 is 4.74 Å². The third kappa shape index (κ3) is 1.65. The molecule has 16 heavy (non-hydrogen) atoms. The lowest BCUT2D eigenvalue weighted by Crippen LogP contribution is -1.85. The zero-order valence-electron chi connectivity index (χ0n) is 8.61. The predicted octanol–water partition coefficient (Wildman–Crippen LogP) is 3.34.